The number of benzene rings is 2. The minimum Gasteiger partial charge on any atom is -0.423 e. The number of carbonyl (C=O) groups is 1. The van der Waals surface area contributed by atoms with Gasteiger partial charge in [0.1, 0.15) is 5.75 Å². The summed E-state index contributed by atoms with van der Waals surface area (Å²) < 4.78 is 5.05. The van der Waals surface area contributed by atoms with Gasteiger partial charge in [-0.15, -0.1) is 0 Å². The molecule has 3 heteroatoms. The van der Waals surface area contributed by atoms with Gasteiger partial charge in [0.25, 0.3) is 0 Å². The fourth-order valence-corrected chi connectivity index (χ4v) is 1.54. The van der Waals surface area contributed by atoms with Crippen molar-refractivity contribution in [2.75, 3.05) is 0 Å². The van der Waals surface area contributed by atoms with Crippen molar-refractivity contribution in [1.82, 2.24) is 0 Å². The lowest BCUT2D eigenvalue weighted by Gasteiger charge is -2.02. The molecule has 2 nitrogen and oxygen atoms in total. The first-order chi connectivity index (χ1) is 7.79. The third-order valence-electron chi connectivity index (χ3n) is 2.14. The van der Waals surface area contributed by atoms with Gasteiger partial charge in [0.2, 0.25) is 0 Å². The molecule has 16 heavy (non-hydrogen) atoms. The largest absolute Gasteiger partial charge is 0.423 e. The van der Waals surface area contributed by atoms with Gasteiger partial charge in [-0.2, -0.15) is 0 Å². The molecule has 0 radical (unpaired) electrons. The second kappa shape index (κ2) is 4.81. The maximum absolute atomic E-state index is 11.2. The van der Waals surface area contributed by atoms with Gasteiger partial charge in [-0.25, -0.2) is 4.79 Å². The predicted molar refractivity (Wildman–Crippen MR) is 64.6 cm³/mol. The van der Waals surface area contributed by atoms with Crippen molar-refractivity contribution in [2.45, 2.75) is 0 Å². The maximum Gasteiger partial charge on any atom is 0.337 e. The normalized spacial score (nSPS) is 10.8. The molecule has 0 aromatic heterocycles. The zero-order valence-electron chi connectivity index (χ0n) is 8.39. The Bertz CT molecular complexity index is 546. The lowest BCUT2D eigenvalue weighted by atomic mass is 10.1. The lowest BCUT2D eigenvalue weighted by Crippen LogP contribution is -2.03. The number of carbonyl (C=O) groups excluding carboxylic acids is 1. The van der Waals surface area contributed by atoms with E-state index in [0.29, 0.717) is 5.75 Å². The first-order valence-electron chi connectivity index (χ1n) is 4.77. The van der Waals surface area contributed by atoms with E-state index in [1.807, 2.05) is 36.4 Å². The summed E-state index contributed by atoms with van der Waals surface area (Å²) in [6.07, 6.45) is 1.16. The Morgan fingerprint density at radius 3 is 2.62 bits per heavy atom. The zero-order chi connectivity index (χ0) is 11.4. The molecule has 2 aromatic rings. The van der Waals surface area contributed by atoms with E-state index < -0.39 is 5.97 Å². The minimum atomic E-state index is -0.481. The number of esters is 1. The highest BCUT2D eigenvalue weighted by atomic mass is 35.5. The van der Waals surface area contributed by atoms with Crippen LogP contribution in [0.1, 0.15) is 0 Å². The highest BCUT2D eigenvalue weighted by Gasteiger charge is 2.01. The number of hydrogen-bond donors (Lipinski definition) is 0. The van der Waals surface area contributed by atoms with Gasteiger partial charge in [-0.05, 0) is 22.9 Å². The van der Waals surface area contributed by atoms with Crippen LogP contribution in [0.3, 0.4) is 0 Å². The number of ether oxygens (including phenoxy) is 1. The first-order valence-corrected chi connectivity index (χ1v) is 5.20. The van der Waals surface area contributed by atoms with Crippen LogP contribution in [0.25, 0.3) is 10.8 Å². The average molecular weight is 233 g/mol. The van der Waals surface area contributed by atoms with Crippen molar-refractivity contribution >= 4 is 28.3 Å². The molecule has 0 atom stereocenters. The standard InChI is InChI=1S/C13H9ClO2/c14-8-7-13(15)16-12-6-5-10-3-1-2-4-11(10)9-12/h1-9H/b8-7+. The Morgan fingerprint density at radius 2 is 1.88 bits per heavy atom. The van der Waals surface area contributed by atoms with Crippen molar-refractivity contribution in [3.63, 3.8) is 0 Å². The third kappa shape index (κ3) is 2.41. The molecule has 0 saturated carbocycles. The quantitative estimate of drug-likeness (QED) is 0.450. The number of hydrogen-bond acceptors (Lipinski definition) is 2. The van der Waals surface area contributed by atoms with Crippen LogP contribution in [0.15, 0.2) is 54.1 Å². The Morgan fingerprint density at radius 1 is 1.12 bits per heavy atom. The van der Waals surface area contributed by atoms with Crippen LogP contribution < -0.4 is 4.74 Å². The monoisotopic (exact) mass is 232 g/mol. The smallest absolute Gasteiger partial charge is 0.337 e. The van der Waals surface area contributed by atoms with Crippen LogP contribution in [0.2, 0.25) is 0 Å². The topological polar surface area (TPSA) is 26.3 Å². The van der Waals surface area contributed by atoms with E-state index in [0.717, 1.165) is 22.4 Å². The summed E-state index contributed by atoms with van der Waals surface area (Å²) in [5.41, 5.74) is 1.13. The summed E-state index contributed by atoms with van der Waals surface area (Å²) in [5, 5.41) is 2.14. The molecule has 0 amide bonds. The molecule has 2 aromatic carbocycles. The van der Waals surface area contributed by atoms with Crippen molar-refractivity contribution in [3.05, 3.63) is 54.1 Å². The Balaban J connectivity index is 2.29. The minimum absolute atomic E-state index is 0.481. The molecule has 0 unspecified atom stereocenters. The molecule has 2 rings (SSSR count). The summed E-state index contributed by atoms with van der Waals surface area (Å²) in [6.45, 7) is 0. The van der Waals surface area contributed by atoms with Crippen LogP contribution in [0, 0.1) is 0 Å². The molecule has 0 aliphatic carbocycles. The van der Waals surface area contributed by atoms with Gasteiger partial charge in [0, 0.05) is 11.6 Å². The van der Waals surface area contributed by atoms with Gasteiger partial charge in [0.15, 0.2) is 0 Å². The van der Waals surface area contributed by atoms with Gasteiger partial charge in [-0.3, -0.25) is 0 Å². The van der Waals surface area contributed by atoms with E-state index in [9.17, 15) is 4.79 Å². The highest BCUT2D eigenvalue weighted by Crippen LogP contribution is 2.20. The van der Waals surface area contributed by atoms with Crippen LogP contribution in [0.5, 0.6) is 5.75 Å². The number of rotatable bonds is 2. The lowest BCUT2D eigenvalue weighted by molar-refractivity contribution is -0.128. The zero-order valence-corrected chi connectivity index (χ0v) is 9.15. The second-order valence-electron chi connectivity index (χ2n) is 3.22. The van der Waals surface area contributed by atoms with E-state index in [-0.39, 0.29) is 0 Å². The molecule has 0 aliphatic rings. The molecule has 0 fully saturated rings. The molecule has 0 heterocycles. The van der Waals surface area contributed by atoms with E-state index in [1.54, 1.807) is 6.07 Å². The molecule has 0 spiro atoms. The van der Waals surface area contributed by atoms with Crippen molar-refractivity contribution < 1.29 is 9.53 Å². The molecule has 0 bridgehead atoms. The summed E-state index contributed by atoms with van der Waals surface area (Å²) in [4.78, 5) is 11.2. The van der Waals surface area contributed by atoms with Gasteiger partial charge in [-0.1, -0.05) is 41.9 Å². The van der Waals surface area contributed by atoms with E-state index in [2.05, 4.69) is 0 Å². The molecular formula is C13H9ClO2. The fourth-order valence-electron chi connectivity index (χ4n) is 1.43. The van der Waals surface area contributed by atoms with Crippen molar-refractivity contribution in [2.24, 2.45) is 0 Å². The molecule has 0 N–H and O–H groups in total. The second-order valence-corrected chi connectivity index (χ2v) is 3.47. The van der Waals surface area contributed by atoms with E-state index >= 15 is 0 Å². The fraction of sp³-hybridized carbons (Fsp3) is 0. The summed E-state index contributed by atoms with van der Waals surface area (Å²) >= 11 is 5.28. The molecule has 80 valence electrons. The van der Waals surface area contributed by atoms with E-state index in [1.165, 1.54) is 0 Å². The number of halogens is 1. The first kappa shape index (κ1) is 10.7. The number of fused-ring (bicyclic) bond motifs is 1. The average Bonchev–Trinajstić information content (AvgIpc) is 2.29. The Hall–Kier alpha value is -1.80. The highest BCUT2D eigenvalue weighted by molar-refractivity contribution is 6.26. The third-order valence-corrected chi connectivity index (χ3v) is 2.26. The SMILES string of the molecule is O=C(/C=C/Cl)Oc1ccc2ccccc2c1. The van der Waals surface area contributed by atoms with Crippen LogP contribution in [-0.4, -0.2) is 5.97 Å². The Kier molecular flexibility index (Phi) is 3.22. The van der Waals surface area contributed by atoms with Crippen molar-refractivity contribution in [3.8, 4) is 5.75 Å². The van der Waals surface area contributed by atoms with Gasteiger partial charge in [0.05, 0.1) is 0 Å². The molecule has 0 aliphatic heterocycles. The maximum atomic E-state index is 11.2. The molecule has 0 saturated heterocycles. The van der Waals surface area contributed by atoms with Gasteiger partial charge >= 0.3 is 5.97 Å². The van der Waals surface area contributed by atoms with Gasteiger partial charge < -0.3 is 4.74 Å². The molecular weight excluding hydrogens is 224 g/mol. The Labute approximate surface area is 98.1 Å². The van der Waals surface area contributed by atoms with Crippen molar-refractivity contribution in [1.29, 1.82) is 0 Å². The van der Waals surface area contributed by atoms with Crippen LogP contribution >= 0.6 is 11.6 Å². The summed E-state index contributed by atoms with van der Waals surface area (Å²) in [6, 6.07) is 13.3. The summed E-state index contributed by atoms with van der Waals surface area (Å²) in [7, 11) is 0. The predicted octanol–water partition coefficient (Wildman–Crippen LogP) is 3.50. The summed E-state index contributed by atoms with van der Waals surface area (Å²) in [5.74, 6) is 0.0312. The van der Waals surface area contributed by atoms with E-state index in [4.69, 9.17) is 16.3 Å². The van der Waals surface area contributed by atoms with Crippen LogP contribution in [0.4, 0.5) is 0 Å². The van der Waals surface area contributed by atoms with Crippen LogP contribution in [-0.2, 0) is 4.79 Å².